The number of aldehydes is 1. The Morgan fingerprint density at radius 1 is 1.50 bits per heavy atom. The van der Waals surface area contributed by atoms with E-state index in [0.29, 0.717) is 5.75 Å². The van der Waals surface area contributed by atoms with Crippen molar-refractivity contribution in [2.75, 3.05) is 5.75 Å². The minimum atomic E-state index is 0.237. The van der Waals surface area contributed by atoms with E-state index in [1.54, 1.807) is 11.8 Å². The highest BCUT2D eigenvalue weighted by Gasteiger charge is 2.08. The Labute approximate surface area is 54.8 Å². The first-order valence-corrected chi connectivity index (χ1v) is 3.62. The van der Waals surface area contributed by atoms with Crippen LogP contribution < -0.4 is 0 Å². The largest absolute Gasteiger partial charge is 0.302 e. The average Bonchev–Trinajstić information content (AvgIpc) is 1.59. The van der Waals surface area contributed by atoms with Crippen LogP contribution in [-0.4, -0.2) is 16.8 Å². The highest BCUT2D eigenvalue weighted by atomic mass is 32.2. The normalized spacial score (nSPS) is 11.4. The molecule has 0 amide bonds. The third-order valence-electron chi connectivity index (χ3n) is 0.584. The maximum absolute atomic E-state index is 9.83. The molecule has 0 saturated carbocycles. The van der Waals surface area contributed by atoms with Crippen molar-refractivity contribution in [1.29, 1.82) is 0 Å². The summed E-state index contributed by atoms with van der Waals surface area (Å²) in [6, 6.07) is 0. The SMILES string of the molecule is CC(C)(C)SCC=O. The highest BCUT2D eigenvalue weighted by Crippen LogP contribution is 2.21. The average molecular weight is 132 g/mol. The van der Waals surface area contributed by atoms with Crippen LogP contribution in [0.4, 0.5) is 0 Å². The van der Waals surface area contributed by atoms with Gasteiger partial charge in [0.2, 0.25) is 0 Å². The quantitative estimate of drug-likeness (QED) is 0.532. The molecule has 0 aromatic rings. The zero-order chi connectivity index (χ0) is 6.62. The van der Waals surface area contributed by atoms with E-state index < -0.39 is 0 Å². The number of hydrogen-bond donors (Lipinski definition) is 0. The van der Waals surface area contributed by atoms with Gasteiger partial charge in [0.15, 0.2) is 0 Å². The van der Waals surface area contributed by atoms with Crippen LogP contribution in [0.5, 0.6) is 0 Å². The van der Waals surface area contributed by atoms with Crippen LogP contribution in [-0.2, 0) is 4.79 Å². The zero-order valence-electron chi connectivity index (χ0n) is 5.60. The molecule has 0 atom stereocenters. The van der Waals surface area contributed by atoms with Gasteiger partial charge in [-0.1, -0.05) is 20.8 Å². The van der Waals surface area contributed by atoms with Gasteiger partial charge in [0.25, 0.3) is 0 Å². The minimum Gasteiger partial charge on any atom is -0.302 e. The lowest BCUT2D eigenvalue weighted by Gasteiger charge is -2.14. The van der Waals surface area contributed by atoms with E-state index in [9.17, 15) is 4.79 Å². The molecule has 0 aliphatic carbocycles. The summed E-state index contributed by atoms with van der Waals surface area (Å²) in [6.45, 7) is 6.30. The van der Waals surface area contributed by atoms with Crippen molar-refractivity contribution >= 4 is 18.0 Å². The molecular weight excluding hydrogens is 120 g/mol. The second kappa shape index (κ2) is 3.13. The zero-order valence-corrected chi connectivity index (χ0v) is 6.42. The summed E-state index contributed by atoms with van der Waals surface area (Å²) in [6.07, 6.45) is 0.940. The summed E-state index contributed by atoms with van der Waals surface area (Å²) < 4.78 is 0.237. The Balaban J connectivity index is 3.24. The first-order chi connectivity index (χ1) is 3.56. The van der Waals surface area contributed by atoms with Crippen molar-refractivity contribution in [2.45, 2.75) is 25.5 Å². The second-order valence-electron chi connectivity index (χ2n) is 2.59. The number of carbonyl (C=O) groups excluding carboxylic acids is 1. The van der Waals surface area contributed by atoms with Crippen molar-refractivity contribution in [1.82, 2.24) is 0 Å². The molecule has 0 saturated heterocycles. The molecule has 0 spiro atoms. The highest BCUT2D eigenvalue weighted by molar-refractivity contribution is 8.01. The summed E-state index contributed by atoms with van der Waals surface area (Å²) in [5, 5.41) is 0. The van der Waals surface area contributed by atoms with E-state index in [-0.39, 0.29) is 4.75 Å². The lowest BCUT2D eigenvalue weighted by Crippen LogP contribution is -2.08. The molecule has 8 heavy (non-hydrogen) atoms. The molecule has 0 bridgehead atoms. The number of hydrogen-bond acceptors (Lipinski definition) is 2. The van der Waals surface area contributed by atoms with Crippen LogP contribution >= 0.6 is 11.8 Å². The van der Waals surface area contributed by atoms with Crippen LogP contribution in [0.3, 0.4) is 0 Å². The van der Waals surface area contributed by atoms with E-state index >= 15 is 0 Å². The van der Waals surface area contributed by atoms with E-state index in [1.807, 2.05) is 0 Å². The third-order valence-corrected chi connectivity index (χ3v) is 1.75. The molecule has 2 heteroatoms. The van der Waals surface area contributed by atoms with Gasteiger partial charge in [-0.05, 0) is 0 Å². The van der Waals surface area contributed by atoms with E-state index in [0.717, 1.165) is 6.29 Å². The van der Waals surface area contributed by atoms with Crippen LogP contribution in [0.25, 0.3) is 0 Å². The van der Waals surface area contributed by atoms with E-state index in [1.165, 1.54) is 0 Å². The number of carbonyl (C=O) groups is 1. The first kappa shape index (κ1) is 8.02. The fraction of sp³-hybridized carbons (Fsp3) is 0.833. The summed E-state index contributed by atoms with van der Waals surface area (Å²) in [5.41, 5.74) is 0. The minimum absolute atomic E-state index is 0.237. The van der Waals surface area contributed by atoms with Crippen molar-refractivity contribution in [3.8, 4) is 0 Å². The molecule has 0 N–H and O–H groups in total. The number of rotatable bonds is 2. The maximum Gasteiger partial charge on any atom is 0.129 e. The Morgan fingerprint density at radius 3 is 2.12 bits per heavy atom. The van der Waals surface area contributed by atoms with Crippen LogP contribution in [0.1, 0.15) is 20.8 Å². The topological polar surface area (TPSA) is 17.1 Å². The lowest BCUT2D eigenvalue weighted by atomic mass is 10.3. The molecule has 0 aliphatic rings. The van der Waals surface area contributed by atoms with Crippen LogP contribution in [0.2, 0.25) is 0 Å². The van der Waals surface area contributed by atoms with E-state index in [4.69, 9.17) is 0 Å². The predicted octanol–water partition coefficient (Wildman–Crippen LogP) is 1.72. The second-order valence-corrected chi connectivity index (χ2v) is 4.44. The van der Waals surface area contributed by atoms with E-state index in [2.05, 4.69) is 20.8 Å². The lowest BCUT2D eigenvalue weighted by molar-refractivity contribution is -0.105. The molecule has 0 aliphatic heterocycles. The molecule has 1 nitrogen and oxygen atoms in total. The standard InChI is InChI=1S/C6H12OS/c1-6(2,3)8-5-4-7/h4H,5H2,1-3H3. The molecule has 0 fully saturated rings. The van der Waals surface area contributed by atoms with Crippen molar-refractivity contribution in [3.63, 3.8) is 0 Å². The van der Waals surface area contributed by atoms with Gasteiger partial charge in [-0.3, -0.25) is 0 Å². The smallest absolute Gasteiger partial charge is 0.129 e. The van der Waals surface area contributed by atoms with Gasteiger partial charge in [0.05, 0.1) is 0 Å². The molecule has 0 aromatic carbocycles. The molecule has 0 heterocycles. The monoisotopic (exact) mass is 132 g/mol. The first-order valence-electron chi connectivity index (χ1n) is 2.64. The molecule has 0 aromatic heterocycles. The fourth-order valence-corrected chi connectivity index (χ4v) is 0.852. The van der Waals surface area contributed by atoms with Gasteiger partial charge in [-0.15, -0.1) is 11.8 Å². The Bertz CT molecular complexity index is 73.1. The van der Waals surface area contributed by atoms with Crippen molar-refractivity contribution < 1.29 is 4.79 Å². The van der Waals surface area contributed by atoms with Crippen LogP contribution in [0.15, 0.2) is 0 Å². The summed E-state index contributed by atoms with van der Waals surface area (Å²) in [5.74, 6) is 0.615. The Morgan fingerprint density at radius 2 is 2.00 bits per heavy atom. The Hall–Kier alpha value is 0.0200. The summed E-state index contributed by atoms with van der Waals surface area (Å²) >= 11 is 1.67. The van der Waals surface area contributed by atoms with Gasteiger partial charge in [-0.25, -0.2) is 0 Å². The molecular formula is C6H12OS. The predicted molar refractivity (Wildman–Crippen MR) is 38.3 cm³/mol. The van der Waals surface area contributed by atoms with Gasteiger partial charge >= 0.3 is 0 Å². The van der Waals surface area contributed by atoms with Gasteiger partial charge in [0.1, 0.15) is 6.29 Å². The molecule has 0 radical (unpaired) electrons. The third kappa shape index (κ3) is 6.02. The number of thioether (sulfide) groups is 1. The maximum atomic E-state index is 9.83. The van der Waals surface area contributed by atoms with Gasteiger partial charge in [-0.2, -0.15) is 0 Å². The van der Waals surface area contributed by atoms with Crippen molar-refractivity contribution in [2.24, 2.45) is 0 Å². The fourth-order valence-electron chi connectivity index (χ4n) is 0.284. The van der Waals surface area contributed by atoms with Crippen LogP contribution in [0, 0.1) is 0 Å². The molecule has 0 rings (SSSR count). The van der Waals surface area contributed by atoms with Gasteiger partial charge < -0.3 is 4.79 Å². The summed E-state index contributed by atoms with van der Waals surface area (Å²) in [7, 11) is 0. The summed E-state index contributed by atoms with van der Waals surface area (Å²) in [4.78, 5) is 9.83. The Kier molecular flexibility index (Phi) is 3.13. The molecule has 48 valence electrons. The van der Waals surface area contributed by atoms with Crippen molar-refractivity contribution in [3.05, 3.63) is 0 Å². The van der Waals surface area contributed by atoms with Gasteiger partial charge in [0, 0.05) is 10.5 Å². The molecule has 0 unspecified atom stereocenters.